The number of rotatable bonds is 6. The van der Waals surface area contributed by atoms with Crippen LogP contribution < -0.4 is 4.74 Å². The molecule has 2 rings (SSSR count). The van der Waals surface area contributed by atoms with Gasteiger partial charge in [0.1, 0.15) is 11.6 Å². The molecule has 0 aliphatic carbocycles. The molecule has 0 atom stereocenters. The molecule has 0 bridgehead atoms. The molecule has 0 saturated carbocycles. The van der Waals surface area contributed by atoms with Crippen LogP contribution in [0, 0.1) is 5.82 Å². The third-order valence-electron chi connectivity index (χ3n) is 3.42. The van der Waals surface area contributed by atoms with E-state index in [0.717, 1.165) is 15.6 Å². The molecule has 0 aliphatic heterocycles. The molecule has 2 aromatic carbocycles. The van der Waals surface area contributed by atoms with Crippen molar-refractivity contribution < 1.29 is 19.0 Å². The van der Waals surface area contributed by atoms with Gasteiger partial charge in [-0.3, -0.25) is 0 Å². The first-order valence-electron chi connectivity index (χ1n) is 7.04. The summed E-state index contributed by atoms with van der Waals surface area (Å²) < 4.78 is 19.1. The number of ether oxygens (including phenoxy) is 1. The van der Waals surface area contributed by atoms with E-state index in [2.05, 4.69) is 15.9 Å². The van der Waals surface area contributed by atoms with E-state index in [-0.39, 0.29) is 12.4 Å². The van der Waals surface area contributed by atoms with E-state index in [0.29, 0.717) is 18.7 Å². The van der Waals surface area contributed by atoms with Gasteiger partial charge in [-0.2, -0.15) is 0 Å². The van der Waals surface area contributed by atoms with Crippen LogP contribution >= 0.6 is 15.9 Å². The van der Waals surface area contributed by atoms with Gasteiger partial charge in [0.05, 0.1) is 11.6 Å². The lowest BCUT2D eigenvalue weighted by molar-refractivity contribution is 0.143. The second-order valence-electron chi connectivity index (χ2n) is 5.05. The fourth-order valence-electron chi connectivity index (χ4n) is 2.23. The molecule has 23 heavy (non-hydrogen) atoms. The molecular formula is C17H17BrFNO3. The maximum absolute atomic E-state index is 13.2. The quantitative estimate of drug-likeness (QED) is 0.810. The first-order chi connectivity index (χ1) is 11.0. The van der Waals surface area contributed by atoms with Crippen molar-refractivity contribution in [3.8, 4) is 5.75 Å². The van der Waals surface area contributed by atoms with Crippen molar-refractivity contribution >= 4 is 22.0 Å². The molecule has 0 radical (unpaired) electrons. The number of methoxy groups -OCH3 is 1. The maximum atomic E-state index is 13.2. The van der Waals surface area contributed by atoms with E-state index in [1.165, 1.54) is 17.0 Å². The fourth-order valence-corrected chi connectivity index (χ4v) is 2.82. The summed E-state index contributed by atoms with van der Waals surface area (Å²) in [4.78, 5) is 12.7. The van der Waals surface area contributed by atoms with Crippen LogP contribution in [0.4, 0.5) is 9.18 Å². The average Bonchev–Trinajstić information content (AvgIpc) is 2.51. The van der Waals surface area contributed by atoms with Crippen molar-refractivity contribution in [3.05, 3.63) is 63.9 Å². The normalized spacial score (nSPS) is 10.4. The molecule has 0 fully saturated rings. The van der Waals surface area contributed by atoms with Crippen LogP contribution in [-0.2, 0) is 13.0 Å². The summed E-state index contributed by atoms with van der Waals surface area (Å²) in [7, 11) is 1.57. The minimum absolute atomic E-state index is 0.257. The second kappa shape index (κ2) is 7.97. The van der Waals surface area contributed by atoms with Crippen molar-refractivity contribution in [1.29, 1.82) is 0 Å². The molecule has 1 N–H and O–H groups in total. The predicted molar refractivity (Wildman–Crippen MR) is 89.2 cm³/mol. The van der Waals surface area contributed by atoms with Crippen molar-refractivity contribution in [3.63, 3.8) is 0 Å². The Balaban J connectivity index is 2.04. The van der Waals surface area contributed by atoms with E-state index in [9.17, 15) is 14.3 Å². The molecular weight excluding hydrogens is 365 g/mol. The van der Waals surface area contributed by atoms with Crippen molar-refractivity contribution in [2.24, 2.45) is 0 Å². The summed E-state index contributed by atoms with van der Waals surface area (Å²) in [6, 6.07) is 11.6. The van der Waals surface area contributed by atoms with E-state index in [1.54, 1.807) is 25.3 Å². The van der Waals surface area contributed by atoms with Crippen molar-refractivity contribution in [2.75, 3.05) is 13.7 Å². The molecule has 4 nitrogen and oxygen atoms in total. The largest absolute Gasteiger partial charge is 0.496 e. The second-order valence-corrected chi connectivity index (χ2v) is 5.91. The first-order valence-corrected chi connectivity index (χ1v) is 7.83. The zero-order valence-corrected chi connectivity index (χ0v) is 14.2. The van der Waals surface area contributed by atoms with Gasteiger partial charge in [0.2, 0.25) is 0 Å². The molecule has 0 spiro atoms. The molecule has 0 aliphatic rings. The standard InChI is InChI=1S/C17H17BrFNO3/c1-23-16-6-5-13(10-15(16)18)11-20(17(21)22)8-7-12-3-2-4-14(19)9-12/h2-6,9-10H,7-8,11H2,1H3,(H,21,22). The number of hydrogen-bond acceptors (Lipinski definition) is 2. The number of amides is 1. The molecule has 2 aromatic rings. The zero-order valence-electron chi connectivity index (χ0n) is 12.6. The highest BCUT2D eigenvalue weighted by atomic mass is 79.9. The maximum Gasteiger partial charge on any atom is 0.407 e. The predicted octanol–water partition coefficient (Wildman–Crippen LogP) is 4.32. The van der Waals surface area contributed by atoms with Gasteiger partial charge in [0.15, 0.2) is 0 Å². The van der Waals surface area contributed by atoms with E-state index < -0.39 is 6.09 Å². The van der Waals surface area contributed by atoms with E-state index in [1.807, 2.05) is 12.1 Å². The minimum atomic E-state index is -1.01. The fraction of sp³-hybridized carbons (Fsp3) is 0.235. The summed E-state index contributed by atoms with van der Waals surface area (Å²) >= 11 is 3.39. The monoisotopic (exact) mass is 381 g/mol. The zero-order chi connectivity index (χ0) is 16.8. The van der Waals surface area contributed by atoms with Gasteiger partial charge in [-0.1, -0.05) is 18.2 Å². The van der Waals surface area contributed by atoms with Crippen LogP contribution in [0.15, 0.2) is 46.9 Å². The Kier molecular flexibility index (Phi) is 5.98. The molecule has 0 aromatic heterocycles. The number of hydrogen-bond donors (Lipinski definition) is 1. The Hall–Kier alpha value is -2.08. The Labute approximate surface area is 142 Å². The molecule has 0 unspecified atom stereocenters. The third kappa shape index (κ3) is 4.96. The number of halogens is 2. The number of nitrogens with zero attached hydrogens (tertiary/aromatic N) is 1. The average molecular weight is 382 g/mol. The minimum Gasteiger partial charge on any atom is -0.496 e. The topological polar surface area (TPSA) is 49.8 Å². The van der Waals surface area contributed by atoms with Crippen LogP contribution in [0.5, 0.6) is 5.75 Å². The summed E-state index contributed by atoms with van der Waals surface area (Å²) in [5, 5.41) is 9.35. The highest BCUT2D eigenvalue weighted by Crippen LogP contribution is 2.26. The summed E-state index contributed by atoms with van der Waals surface area (Å²) in [6.45, 7) is 0.551. The molecule has 0 saturated heterocycles. The van der Waals surface area contributed by atoms with Gasteiger partial charge in [0, 0.05) is 13.1 Å². The van der Waals surface area contributed by atoms with Crippen LogP contribution in [0.25, 0.3) is 0 Å². The molecule has 6 heteroatoms. The van der Waals surface area contributed by atoms with Gasteiger partial charge in [-0.15, -0.1) is 0 Å². The Morgan fingerprint density at radius 1 is 1.26 bits per heavy atom. The molecule has 1 amide bonds. The van der Waals surface area contributed by atoms with Gasteiger partial charge in [0.25, 0.3) is 0 Å². The van der Waals surface area contributed by atoms with Crippen LogP contribution in [0.3, 0.4) is 0 Å². The Morgan fingerprint density at radius 2 is 2.04 bits per heavy atom. The number of benzene rings is 2. The molecule has 122 valence electrons. The molecule has 0 heterocycles. The lowest BCUT2D eigenvalue weighted by atomic mass is 10.1. The van der Waals surface area contributed by atoms with E-state index in [4.69, 9.17) is 4.74 Å². The van der Waals surface area contributed by atoms with Gasteiger partial charge < -0.3 is 14.7 Å². The smallest absolute Gasteiger partial charge is 0.407 e. The highest BCUT2D eigenvalue weighted by Gasteiger charge is 2.13. The number of carboxylic acid groups (broad SMARTS) is 1. The summed E-state index contributed by atoms with van der Waals surface area (Å²) in [6.07, 6.45) is -0.546. The SMILES string of the molecule is COc1ccc(CN(CCc2cccc(F)c2)C(=O)O)cc1Br. The van der Waals surface area contributed by atoms with Crippen molar-refractivity contribution in [1.82, 2.24) is 4.90 Å². The van der Waals surface area contributed by atoms with E-state index >= 15 is 0 Å². The Bertz CT molecular complexity index is 693. The third-order valence-corrected chi connectivity index (χ3v) is 4.04. The highest BCUT2D eigenvalue weighted by molar-refractivity contribution is 9.10. The van der Waals surface area contributed by atoms with Crippen molar-refractivity contribution in [2.45, 2.75) is 13.0 Å². The Morgan fingerprint density at radius 3 is 2.65 bits per heavy atom. The van der Waals surface area contributed by atoms with Gasteiger partial charge >= 0.3 is 6.09 Å². The lowest BCUT2D eigenvalue weighted by Crippen LogP contribution is -2.31. The number of carbonyl (C=O) groups is 1. The van der Waals surface area contributed by atoms with Gasteiger partial charge in [-0.25, -0.2) is 9.18 Å². The van der Waals surface area contributed by atoms with Crippen LogP contribution in [0.1, 0.15) is 11.1 Å². The lowest BCUT2D eigenvalue weighted by Gasteiger charge is -2.20. The summed E-state index contributed by atoms with van der Waals surface area (Å²) in [5.74, 6) is 0.374. The van der Waals surface area contributed by atoms with Crippen LogP contribution in [-0.4, -0.2) is 29.8 Å². The summed E-state index contributed by atoms with van der Waals surface area (Å²) in [5.41, 5.74) is 1.62. The van der Waals surface area contributed by atoms with Gasteiger partial charge in [-0.05, 0) is 57.7 Å². The first kappa shape index (κ1) is 17.3. The van der Waals surface area contributed by atoms with Crippen LogP contribution in [0.2, 0.25) is 0 Å².